The van der Waals surface area contributed by atoms with E-state index in [9.17, 15) is 4.79 Å². The van der Waals surface area contributed by atoms with Crippen LogP contribution in [-0.2, 0) is 4.79 Å². The standard InChI is InChI=1S/C10H14O/c1-2-3-4-5-6-9-7-10(9)8-11/h3-6,8-10H,2,7H2,1H3/b4-3-,6-5+/t9-,10-/m1/s1. The zero-order chi connectivity index (χ0) is 8.10. The number of aldehydes is 1. The normalized spacial score (nSPS) is 29.9. The minimum Gasteiger partial charge on any atom is -0.303 e. The van der Waals surface area contributed by atoms with Crippen LogP contribution < -0.4 is 0 Å². The van der Waals surface area contributed by atoms with Gasteiger partial charge in [-0.25, -0.2) is 0 Å². The van der Waals surface area contributed by atoms with Crippen LogP contribution in [0.2, 0.25) is 0 Å². The molecule has 0 aromatic rings. The van der Waals surface area contributed by atoms with Gasteiger partial charge in [0.15, 0.2) is 0 Å². The lowest BCUT2D eigenvalue weighted by molar-refractivity contribution is -0.109. The van der Waals surface area contributed by atoms with E-state index in [0.29, 0.717) is 11.8 Å². The number of carbonyl (C=O) groups is 1. The van der Waals surface area contributed by atoms with Crippen molar-refractivity contribution >= 4 is 6.29 Å². The average Bonchev–Trinajstić information content (AvgIpc) is 2.77. The molecule has 1 fully saturated rings. The molecule has 0 N–H and O–H groups in total. The second-order valence-electron chi connectivity index (χ2n) is 2.92. The Labute approximate surface area is 67.8 Å². The number of rotatable bonds is 4. The molecule has 2 atom stereocenters. The molecule has 1 aliphatic rings. The summed E-state index contributed by atoms with van der Waals surface area (Å²) >= 11 is 0. The van der Waals surface area contributed by atoms with Gasteiger partial charge in [-0.2, -0.15) is 0 Å². The fraction of sp³-hybridized carbons (Fsp3) is 0.500. The van der Waals surface area contributed by atoms with Gasteiger partial charge in [0.25, 0.3) is 0 Å². The van der Waals surface area contributed by atoms with E-state index in [1.807, 2.05) is 12.2 Å². The van der Waals surface area contributed by atoms with E-state index >= 15 is 0 Å². The van der Waals surface area contributed by atoms with Gasteiger partial charge in [-0.15, -0.1) is 0 Å². The first-order chi connectivity index (χ1) is 5.38. The SMILES string of the molecule is CC/C=C\C=C\[C@@H]1C[C@@H]1C=O. The molecule has 0 aliphatic heterocycles. The maximum absolute atomic E-state index is 10.2. The average molecular weight is 150 g/mol. The fourth-order valence-corrected chi connectivity index (χ4v) is 1.03. The molecule has 11 heavy (non-hydrogen) atoms. The monoisotopic (exact) mass is 150 g/mol. The summed E-state index contributed by atoms with van der Waals surface area (Å²) in [6, 6.07) is 0. The molecule has 0 saturated heterocycles. The summed E-state index contributed by atoms with van der Waals surface area (Å²) < 4.78 is 0. The van der Waals surface area contributed by atoms with Crippen molar-refractivity contribution in [3.63, 3.8) is 0 Å². The van der Waals surface area contributed by atoms with E-state index in [1.165, 1.54) is 0 Å². The molecular weight excluding hydrogens is 136 g/mol. The number of hydrogen-bond donors (Lipinski definition) is 0. The molecule has 1 heteroatoms. The van der Waals surface area contributed by atoms with Gasteiger partial charge in [0, 0.05) is 5.92 Å². The summed E-state index contributed by atoms with van der Waals surface area (Å²) in [6.07, 6.45) is 11.5. The lowest BCUT2D eigenvalue weighted by Gasteiger charge is -1.79. The van der Waals surface area contributed by atoms with E-state index in [1.54, 1.807) is 0 Å². The van der Waals surface area contributed by atoms with E-state index in [-0.39, 0.29) is 0 Å². The Balaban J connectivity index is 2.17. The quantitative estimate of drug-likeness (QED) is 0.444. The van der Waals surface area contributed by atoms with Crippen LogP contribution in [0, 0.1) is 11.8 Å². The lowest BCUT2D eigenvalue weighted by Crippen LogP contribution is -1.76. The maximum Gasteiger partial charge on any atom is 0.123 e. The lowest BCUT2D eigenvalue weighted by atomic mass is 10.3. The zero-order valence-corrected chi connectivity index (χ0v) is 6.86. The van der Waals surface area contributed by atoms with Gasteiger partial charge in [0.05, 0.1) is 0 Å². The molecule has 0 unspecified atom stereocenters. The van der Waals surface area contributed by atoms with Crippen LogP contribution >= 0.6 is 0 Å². The van der Waals surface area contributed by atoms with Crippen LogP contribution in [-0.4, -0.2) is 6.29 Å². The highest BCUT2D eigenvalue weighted by atomic mass is 16.1. The molecule has 1 nitrogen and oxygen atoms in total. The Bertz CT molecular complexity index is 179. The predicted octanol–water partition coefficient (Wildman–Crippen LogP) is 2.34. The van der Waals surface area contributed by atoms with E-state index in [2.05, 4.69) is 19.1 Å². The van der Waals surface area contributed by atoms with E-state index in [4.69, 9.17) is 0 Å². The summed E-state index contributed by atoms with van der Waals surface area (Å²) in [7, 11) is 0. The molecule has 0 aromatic heterocycles. The third-order valence-electron chi connectivity index (χ3n) is 1.91. The van der Waals surface area contributed by atoms with Gasteiger partial charge in [-0.3, -0.25) is 0 Å². The first-order valence-corrected chi connectivity index (χ1v) is 4.17. The van der Waals surface area contributed by atoms with Gasteiger partial charge < -0.3 is 4.79 Å². The molecular formula is C10H14O. The van der Waals surface area contributed by atoms with Gasteiger partial charge >= 0.3 is 0 Å². The summed E-state index contributed by atoms with van der Waals surface area (Å²) in [4.78, 5) is 10.2. The molecule has 1 rings (SSSR count). The molecule has 1 saturated carbocycles. The molecule has 0 aromatic carbocycles. The molecule has 60 valence electrons. The minimum atomic E-state index is 0.321. The van der Waals surface area contributed by atoms with Gasteiger partial charge in [-0.1, -0.05) is 31.2 Å². The van der Waals surface area contributed by atoms with Crippen molar-refractivity contribution in [3.05, 3.63) is 24.3 Å². The van der Waals surface area contributed by atoms with Crippen molar-refractivity contribution < 1.29 is 4.79 Å². The van der Waals surface area contributed by atoms with E-state index in [0.717, 1.165) is 19.1 Å². The van der Waals surface area contributed by atoms with Gasteiger partial charge in [0.1, 0.15) is 6.29 Å². The third-order valence-corrected chi connectivity index (χ3v) is 1.91. The molecule has 1 aliphatic carbocycles. The smallest absolute Gasteiger partial charge is 0.123 e. The zero-order valence-electron chi connectivity index (χ0n) is 6.86. The van der Waals surface area contributed by atoms with Crippen LogP contribution in [0.1, 0.15) is 19.8 Å². The van der Waals surface area contributed by atoms with Crippen molar-refractivity contribution in [2.75, 3.05) is 0 Å². The number of carbonyl (C=O) groups excluding carboxylic acids is 1. The summed E-state index contributed by atoms with van der Waals surface area (Å²) in [5.41, 5.74) is 0. The summed E-state index contributed by atoms with van der Waals surface area (Å²) in [6.45, 7) is 2.11. The first-order valence-electron chi connectivity index (χ1n) is 4.17. The Morgan fingerprint density at radius 1 is 1.36 bits per heavy atom. The van der Waals surface area contributed by atoms with Crippen LogP contribution in [0.5, 0.6) is 0 Å². The Hall–Kier alpha value is -0.850. The van der Waals surface area contributed by atoms with Gasteiger partial charge in [0.2, 0.25) is 0 Å². The topological polar surface area (TPSA) is 17.1 Å². The summed E-state index contributed by atoms with van der Waals surface area (Å²) in [5.74, 6) is 0.857. The van der Waals surface area contributed by atoms with Gasteiger partial charge in [-0.05, 0) is 18.8 Å². The number of hydrogen-bond acceptors (Lipinski definition) is 1. The summed E-state index contributed by atoms with van der Waals surface area (Å²) in [5, 5.41) is 0. The Kier molecular flexibility index (Phi) is 3.09. The highest BCUT2D eigenvalue weighted by molar-refractivity contribution is 5.59. The highest BCUT2D eigenvalue weighted by Crippen LogP contribution is 2.37. The Morgan fingerprint density at radius 3 is 2.73 bits per heavy atom. The van der Waals surface area contributed by atoms with Crippen molar-refractivity contribution in [2.45, 2.75) is 19.8 Å². The second-order valence-corrected chi connectivity index (χ2v) is 2.92. The Morgan fingerprint density at radius 2 is 2.18 bits per heavy atom. The van der Waals surface area contributed by atoms with Crippen LogP contribution in [0.3, 0.4) is 0 Å². The maximum atomic E-state index is 10.2. The van der Waals surface area contributed by atoms with Crippen LogP contribution in [0.25, 0.3) is 0 Å². The van der Waals surface area contributed by atoms with Crippen molar-refractivity contribution in [1.82, 2.24) is 0 Å². The molecule has 0 amide bonds. The van der Waals surface area contributed by atoms with Crippen LogP contribution in [0.15, 0.2) is 24.3 Å². The highest BCUT2D eigenvalue weighted by Gasteiger charge is 2.33. The van der Waals surface area contributed by atoms with E-state index < -0.39 is 0 Å². The third kappa shape index (κ3) is 2.71. The van der Waals surface area contributed by atoms with Crippen molar-refractivity contribution in [3.8, 4) is 0 Å². The molecule has 0 bridgehead atoms. The minimum absolute atomic E-state index is 0.321. The first kappa shape index (κ1) is 8.25. The van der Waals surface area contributed by atoms with Crippen molar-refractivity contribution in [2.24, 2.45) is 11.8 Å². The second kappa shape index (κ2) is 4.12. The largest absolute Gasteiger partial charge is 0.303 e. The number of allylic oxidation sites excluding steroid dienone is 4. The molecule has 0 radical (unpaired) electrons. The van der Waals surface area contributed by atoms with Crippen molar-refractivity contribution in [1.29, 1.82) is 0 Å². The fourth-order valence-electron chi connectivity index (χ4n) is 1.03. The molecule has 0 spiro atoms. The van der Waals surface area contributed by atoms with Crippen LogP contribution in [0.4, 0.5) is 0 Å². The molecule has 0 heterocycles. The predicted molar refractivity (Wildman–Crippen MR) is 46.2 cm³/mol.